The van der Waals surface area contributed by atoms with Gasteiger partial charge in [0.1, 0.15) is 0 Å². The van der Waals surface area contributed by atoms with Gasteiger partial charge in [0.05, 0.1) is 4.90 Å². The third kappa shape index (κ3) is 5.33. The largest absolute Gasteiger partial charge is 0.481 e. The molecule has 1 aromatic rings. The normalized spacial score (nSPS) is 15.9. The fourth-order valence-corrected chi connectivity index (χ4v) is 3.30. The smallest absolute Gasteiger partial charge is 0.303 e. The van der Waals surface area contributed by atoms with Gasteiger partial charge in [-0.2, -0.15) is 0 Å². The number of amides is 1. The van der Waals surface area contributed by atoms with Gasteiger partial charge in [0.2, 0.25) is 10.0 Å². The molecule has 0 aliphatic heterocycles. The summed E-state index contributed by atoms with van der Waals surface area (Å²) in [5.74, 6) is -1.27. The van der Waals surface area contributed by atoms with Crippen molar-refractivity contribution in [1.29, 1.82) is 0 Å². The summed E-state index contributed by atoms with van der Waals surface area (Å²) < 4.78 is 26.6. The molecule has 1 saturated carbocycles. The monoisotopic (exact) mass is 340 g/mol. The molecule has 0 heterocycles. The molecule has 1 aromatic carbocycles. The first kappa shape index (κ1) is 17.4. The second-order valence-electron chi connectivity index (χ2n) is 5.73. The van der Waals surface area contributed by atoms with Crippen molar-refractivity contribution in [2.45, 2.75) is 49.6 Å². The average Bonchev–Trinajstić information content (AvgIpc) is 3.28. The van der Waals surface area contributed by atoms with Gasteiger partial charge in [0.15, 0.2) is 0 Å². The van der Waals surface area contributed by atoms with Crippen molar-refractivity contribution in [2.75, 3.05) is 0 Å². The van der Waals surface area contributed by atoms with E-state index in [1.54, 1.807) is 6.92 Å². The van der Waals surface area contributed by atoms with Gasteiger partial charge in [-0.25, -0.2) is 13.1 Å². The van der Waals surface area contributed by atoms with Crippen LogP contribution in [0.3, 0.4) is 0 Å². The van der Waals surface area contributed by atoms with Crippen LogP contribution in [0, 0.1) is 0 Å². The summed E-state index contributed by atoms with van der Waals surface area (Å²) in [7, 11) is -3.53. The lowest BCUT2D eigenvalue weighted by Crippen LogP contribution is -2.33. The number of hydrogen-bond donors (Lipinski definition) is 3. The molecule has 0 aromatic heterocycles. The lowest BCUT2D eigenvalue weighted by Gasteiger charge is -2.13. The predicted molar refractivity (Wildman–Crippen MR) is 83.6 cm³/mol. The third-order valence-electron chi connectivity index (χ3n) is 3.49. The molecule has 1 atom stereocenters. The Labute approximate surface area is 135 Å². The zero-order valence-electron chi connectivity index (χ0n) is 12.8. The Kier molecular flexibility index (Phi) is 5.38. The van der Waals surface area contributed by atoms with Gasteiger partial charge in [-0.3, -0.25) is 9.59 Å². The van der Waals surface area contributed by atoms with Crippen LogP contribution in [-0.2, 0) is 14.8 Å². The van der Waals surface area contributed by atoms with E-state index in [0.717, 1.165) is 12.8 Å². The fourth-order valence-electron chi connectivity index (χ4n) is 1.99. The third-order valence-corrected chi connectivity index (χ3v) is 5.03. The van der Waals surface area contributed by atoms with E-state index in [0.29, 0.717) is 12.0 Å². The molecule has 1 unspecified atom stereocenters. The minimum Gasteiger partial charge on any atom is -0.481 e. The van der Waals surface area contributed by atoms with Crippen LogP contribution in [0.25, 0.3) is 0 Å². The molecule has 1 aliphatic carbocycles. The molecular weight excluding hydrogens is 320 g/mol. The predicted octanol–water partition coefficient (Wildman–Crippen LogP) is 1.11. The molecule has 8 heteroatoms. The summed E-state index contributed by atoms with van der Waals surface area (Å²) in [5, 5.41) is 11.3. The van der Waals surface area contributed by atoms with Crippen LogP contribution in [0.2, 0.25) is 0 Å². The molecule has 0 bridgehead atoms. The van der Waals surface area contributed by atoms with Crippen molar-refractivity contribution in [3.8, 4) is 0 Å². The van der Waals surface area contributed by atoms with Crippen molar-refractivity contribution in [3.63, 3.8) is 0 Å². The number of carboxylic acid groups (broad SMARTS) is 1. The number of carbonyl (C=O) groups is 2. The van der Waals surface area contributed by atoms with E-state index in [4.69, 9.17) is 5.11 Å². The molecule has 0 spiro atoms. The SMILES string of the molecule is CC(CCC(=O)O)NC(=O)c1ccc(S(=O)(=O)NC2CC2)cc1. The number of aliphatic carboxylic acids is 1. The van der Waals surface area contributed by atoms with Gasteiger partial charge in [0, 0.05) is 24.1 Å². The van der Waals surface area contributed by atoms with Gasteiger partial charge >= 0.3 is 5.97 Å². The Balaban J connectivity index is 1.95. The average molecular weight is 340 g/mol. The number of rotatable bonds is 8. The first-order valence-electron chi connectivity index (χ1n) is 7.43. The molecule has 7 nitrogen and oxygen atoms in total. The van der Waals surface area contributed by atoms with Gasteiger partial charge < -0.3 is 10.4 Å². The summed E-state index contributed by atoms with van der Waals surface area (Å²) >= 11 is 0. The van der Waals surface area contributed by atoms with Crippen LogP contribution < -0.4 is 10.0 Å². The highest BCUT2D eigenvalue weighted by atomic mass is 32.2. The number of carbonyl (C=O) groups excluding carboxylic acids is 1. The van der Waals surface area contributed by atoms with E-state index in [-0.39, 0.29) is 29.3 Å². The second kappa shape index (κ2) is 7.10. The van der Waals surface area contributed by atoms with Crippen LogP contribution in [0.15, 0.2) is 29.2 Å². The van der Waals surface area contributed by atoms with Crippen LogP contribution >= 0.6 is 0 Å². The summed E-state index contributed by atoms with van der Waals surface area (Å²) in [6.07, 6.45) is 2.02. The molecule has 1 amide bonds. The summed E-state index contributed by atoms with van der Waals surface area (Å²) in [6.45, 7) is 1.72. The summed E-state index contributed by atoms with van der Waals surface area (Å²) in [5.41, 5.74) is 0.331. The summed E-state index contributed by atoms with van der Waals surface area (Å²) in [4.78, 5) is 22.6. The Morgan fingerprint density at radius 2 is 1.87 bits per heavy atom. The van der Waals surface area contributed by atoms with Gasteiger partial charge in [-0.05, 0) is 50.5 Å². The van der Waals surface area contributed by atoms with Gasteiger partial charge in [-0.15, -0.1) is 0 Å². The van der Waals surface area contributed by atoms with E-state index in [2.05, 4.69) is 10.0 Å². The van der Waals surface area contributed by atoms with Crippen molar-refractivity contribution in [1.82, 2.24) is 10.0 Å². The van der Waals surface area contributed by atoms with Crippen molar-refractivity contribution >= 4 is 21.9 Å². The molecule has 3 N–H and O–H groups in total. The Hall–Kier alpha value is -1.93. The number of sulfonamides is 1. The number of nitrogens with one attached hydrogen (secondary N) is 2. The van der Waals surface area contributed by atoms with E-state index >= 15 is 0 Å². The molecule has 0 radical (unpaired) electrons. The van der Waals surface area contributed by atoms with E-state index in [1.165, 1.54) is 24.3 Å². The highest BCUT2D eigenvalue weighted by Gasteiger charge is 2.28. The van der Waals surface area contributed by atoms with E-state index < -0.39 is 16.0 Å². The molecule has 2 rings (SSSR count). The topological polar surface area (TPSA) is 113 Å². The fraction of sp³-hybridized carbons (Fsp3) is 0.467. The molecular formula is C15H20N2O5S. The summed E-state index contributed by atoms with van der Waals surface area (Å²) in [6, 6.07) is 5.42. The second-order valence-corrected chi connectivity index (χ2v) is 7.44. The molecule has 23 heavy (non-hydrogen) atoms. The Bertz CT molecular complexity index is 680. The maximum absolute atomic E-state index is 12.0. The first-order chi connectivity index (χ1) is 10.8. The standard InChI is InChI=1S/C15H20N2O5S/c1-10(2-9-14(18)19)16-15(20)11-3-7-13(8-4-11)23(21,22)17-12-5-6-12/h3-4,7-8,10,12,17H,2,5-6,9H2,1H3,(H,16,20)(H,18,19). The number of hydrogen-bond acceptors (Lipinski definition) is 4. The van der Waals surface area contributed by atoms with Gasteiger partial charge in [0.25, 0.3) is 5.91 Å². The zero-order chi connectivity index (χ0) is 17.0. The van der Waals surface area contributed by atoms with E-state index in [1.807, 2.05) is 0 Å². The lowest BCUT2D eigenvalue weighted by molar-refractivity contribution is -0.137. The van der Waals surface area contributed by atoms with Crippen LogP contribution in [0.1, 0.15) is 43.0 Å². The molecule has 126 valence electrons. The van der Waals surface area contributed by atoms with Crippen LogP contribution in [-0.4, -0.2) is 37.5 Å². The van der Waals surface area contributed by atoms with E-state index in [9.17, 15) is 18.0 Å². The molecule has 1 aliphatic rings. The molecule has 0 saturated heterocycles. The minimum absolute atomic E-state index is 0.0224. The zero-order valence-corrected chi connectivity index (χ0v) is 13.6. The minimum atomic E-state index is -3.53. The maximum atomic E-state index is 12.0. The Morgan fingerprint density at radius 3 is 2.39 bits per heavy atom. The van der Waals surface area contributed by atoms with Crippen LogP contribution in [0.4, 0.5) is 0 Å². The van der Waals surface area contributed by atoms with Crippen molar-refractivity contribution in [2.24, 2.45) is 0 Å². The van der Waals surface area contributed by atoms with Crippen LogP contribution in [0.5, 0.6) is 0 Å². The highest BCUT2D eigenvalue weighted by Crippen LogP contribution is 2.22. The van der Waals surface area contributed by atoms with Crippen molar-refractivity contribution < 1.29 is 23.1 Å². The first-order valence-corrected chi connectivity index (χ1v) is 8.91. The molecule has 1 fully saturated rings. The quantitative estimate of drug-likeness (QED) is 0.656. The maximum Gasteiger partial charge on any atom is 0.303 e. The highest BCUT2D eigenvalue weighted by molar-refractivity contribution is 7.89. The number of carboxylic acids is 1. The number of benzene rings is 1. The Morgan fingerprint density at radius 1 is 1.26 bits per heavy atom. The lowest BCUT2D eigenvalue weighted by atomic mass is 10.1. The van der Waals surface area contributed by atoms with Gasteiger partial charge in [-0.1, -0.05) is 0 Å². The van der Waals surface area contributed by atoms with Crippen molar-refractivity contribution in [3.05, 3.63) is 29.8 Å².